The van der Waals surface area contributed by atoms with Crippen LogP contribution >= 0.6 is 0 Å². The van der Waals surface area contributed by atoms with Crippen molar-refractivity contribution in [2.45, 2.75) is 19.3 Å². The highest BCUT2D eigenvalue weighted by Gasteiger charge is 2.37. The molecule has 1 aromatic rings. The molecule has 5 nitrogen and oxygen atoms in total. The van der Waals surface area contributed by atoms with E-state index in [-0.39, 0.29) is 5.69 Å². The van der Waals surface area contributed by atoms with E-state index in [2.05, 4.69) is 5.32 Å². The van der Waals surface area contributed by atoms with Crippen molar-refractivity contribution in [2.24, 2.45) is 11.8 Å². The number of hydrogen-bond acceptors (Lipinski definition) is 3. The number of halogens is 1. The molecule has 1 amide bonds. The average molecular weight is 267 g/mol. The monoisotopic (exact) mass is 267 g/mol. The van der Waals surface area contributed by atoms with Crippen LogP contribution in [-0.4, -0.2) is 22.1 Å². The van der Waals surface area contributed by atoms with Gasteiger partial charge in [0.05, 0.1) is 11.8 Å². The van der Waals surface area contributed by atoms with Crippen LogP contribution in [0.15, 0.2) is 18.2 Å². The summed E-state index contributed by atoms with van der Waals surface area (Å²) < 4.78 is 13.1. The molecule has 1 aliphatic rings. The predicted molar refractivity (Wildman–Crippen MR) is 65.2 cm³/mol. The van der Waals surface area contributed by atoms with E-state index in [4.69, 9.17) is 10.2 Å². The zero-order valence-corrected chi connectivity index (χ0v) is 10.1. The van der Waals surface area contributed by atoms with Gasteiger partial charge >= 0.3 is 5.97 Å². The fourth-order valence-corrected chi connectivity index (χ4v) is 2.39. The summed E-state index contributed by atoms with van der Waals surface area (Å²) in [7, 11) is 0. The number of anilines is 1. The van der Waals surface area contributed by atoms with E-state index >= 15 is 0 Å². The standard InChI is InChI=1S/C13H14FNO4/c14-10-6-7(4-5-11(10)16)15-12(17)8-2-1-3-9(8)13(18)19/h4-6,8-9,16H,1-3H2,(H,15,17)(H,18,19)/t8-,9+/m1/s1. The number of phenolic OH excluding ortho intramolecular Hbond substituents is 1. The highest BCUT2D eigenvalue weighted by Crippen LogP contribution is 2.33. The van der Waals surface area contributed by atoms with Crippen LogP contribution in [0.5, 0.6) is 5.75 Å². The zero-order valence-electron chi connectivity index (χ0n) is 10.1. The highest BCUT2D eigenvalue weighted by molar-refractivity contribution is 5.95. The lowest BCUT2D eigenvalue weighted by Gasteiger charge is -2.15. The lowest BCUT2D eigenvalue weighted by atomic mass is 9.95. The van der Waals surface area contributed by atoms with Gasteiger partial charge in [-0.2, -0.15) is 0 Å². The molecular weight excluding hydrogens is 253 g/mol. The van der Waals surface area contributed by atoms with Crippen LogP contribution in [0, 0.1) is 17.7 Å². The maximum absolute atomic E-state index is 13.1. The Kier molecular flexibility index (Phi) is 3.69. The summed E-state index contributed by atoms with van der Waals surface area (Å²) in [5.41, 5.74) is 0.205. The third-order valence-electron chi connectivity index (χ3n) is 3.39. The summed E-state index contributed by atoms with van der Waals surface area (Å²) >= 11 is 0. The van der Waals surface area contributed by atoms with Gasteiger partial charge in [0.15, 0.2) is 11.6 Å². The molecule has 102 valence electrons. The quantitative estimate of drug-likeness (QED) is 0.731. The minimum atomic E-state index is -0.977. The van der Waals surface area contributed by atoms with E-state index in [1.54, 1.807) is 0 Å². The van der Waals surface area contributed by atoms with Crippen LogP contribution in [0.1, 0.15) is 19.3 Å². The number of carbonyl (C=O) groups is 2. The van der Waals surface area contributed by atoms with Gasteiger partial charge in [-0.05, 0) is 25.0 Å². The number of rotatable bonds is 3. The lowest BCUT2D eigenvalue weighted by Crippen LogP contribution is -2.30. The second-order valence-electron chi connectivity index (χ2n) is 4.64. The van der Waals surface area contributed by atoms with Crippen LogP contribution in [0.4, 0.5) is 10.1 Å². The first-order valence-electron chi connectivity index (χ1n) is 6.01. The van der Waals surface area contributed by atoms with Gasteiger partial charge in [0.2, 0.25) is 5.91 Å². The first-order chi connectivity index (χ1) is 8.99. The highest BCUT2D eigenvalue weighted by atomic mass is 19.1. The molecule has 3 N–H and O–H groups in total. The van der Waals surface area contributed by atoms with Crippen LogP contribution in [-0.2, 0) is 9.59 Å². The van der Waals surface area contributed by atoms with Crippen LogP contribution in [0.2, 0.25) is 0 Å². The summed E-state index contributed by atoms with van der Waals surface area (Å²) in [6, 6.07) is 3.49. The van der Waals surface area contributed by atoms with Crippen LogP contribution < -0.4 is 5.32 Å². The number of hydrogen-bond donors (Lipinski definition) is 3. The van der Waals surface area contributed by atoms with Gasteiger partial charge in [0, 0.05) is 11.8 Å². The van der Waals surface area contributed by atoms with E-state index in [0.29, 0.717) is 19.3 Å². The molecule has 6 heteroatoms. The summed E-state index contributed by atoms with van der Waals surface area (Å²) in [6.07, 6.45) is 1.69. The summed E-state index contributed by atoms with van der Waals surface area (Å²) in [4.78, 5) is 23.0. The molecule has 0 bridgehead atoms. The van der Waals surface area contributed by atoms with Crippen molar-refractivity contribution in [3.05, 3.63) is 24.0 Å². The Morgan fingerprint density at radius 3 is 2.58 bits per heavy atom. The smallest absolute Gasteiger partial charge is 0.307 e. The van der Waals surface area contributed by atoms with Crippen LogP contribution in [0.25, 0.3) is 0 Å². The molecule has 1 saturated carbocycles. The van der Waals surface area contributed by atoms with Crippen molar-refractivity contribution in [2.75, 3.05) is 5.32 Å². The van der Waals surface area contributed by atoms with Crippen molar-refractivity contribution < 1.29 is 24.2 Å². The average Bonchev–Trinajstić information content (AvgIpc) is 2.83. The second kappa shape index (κ2) is 5.26. The number of carboxylic acids is 1. The van der Waals surface area contributed by atoms with E-state index in [1.807, 2.05) is 0 Å². The van der Waals surface area contributed by atoms with E-state index in [0.717, 1.165) is 12.1 Å². The fourth-order valence-electron chi connectivity index (χ4n) is 2.39. The molecule has 2 atom stereocenters. The van der Waals surface area contributed by atoms with Crippen molar-refractivity contribution in [3.8, 4) is 5.75 Å². The summed E-state index contributed by atoms with van der Waals surface area (Å²) in [5, 5.41) is 20.5. The molecule has 1 aromatic carbocycles. The lowest BCUT2D eigenvalue weighted by molar-refractivity contribution is -0.145. The molecule has 0 aliphatic heterocycles. The van der Waals surface area contributed by atoms with E-state index in [1.165, 1.54) is 6.07 Å². The van der Waals surface area contributed by atoms with Crippen LogP contribution in [0.3, 0.4) is 0 Å². The Labute approximate surface area is 109 Å². The SMILES string of the molecule is O=C(O)[C@H]1CCC[C@H]1C(=O)Nc1ccc(O)c(F)c1. The summed E-state index contributed by atoms with van der Waals surface area (Å²) in [5.74, 6) is -4.00. The first kappa shape index (κ1) is 13.3. The molecule has 0 aromatic heterocycles. The van der Waals surface area contributed by atoms with Gasteiger partial charge in [0.25, 0.3) is 0 Å². The topological polar surface area (TPSA) is 86.6 Å². The second-order valence-corrected chi connectivity index (χ2v) is 4.64. The van der Waals surface area contributed by atoms with E-state index < -0.39 is 35.3 Å². The third kappa shape index (κ3) is 2.83. The predicted octanol–water partition coefficient (Wildman–Crippen LogP) is 1.97. The fraction of sp³-hybridized carbons (Fsp3) is 0.385. The number of carbonyl (C=O) groups excluding carboxylic acids is 1. The maximum atomic E-state index is 13.1. The van der Waals surface area contributed by atoms with Crippen molar-refractivity contribution in [1.82, 2.24) is 0 Å². The molecule has 2 rings (SSSR count). The third-order valence-corrected chi connectivity index (χ3v) is 3.39. The number of phenols is 1. The first-order valence-corrected chi connectivity index (χ1v) is 6.01. The minimum Gasteiger partial charge on any atom is -0.505 e. The number of aromatic hydroxyl groups is 1. The van der Waals surface area contributed by atoms with E-state index in [9.17, 15) is 14.0 Å². The molecule has 19 heavy (non-hydrogen) atoms. The molecular formula is C13H14FNO4. The van der Waals surface area contributed by atoms with Gasteiger partial charge in [-0.15, -0.1) is 0 Å². The number of carboxylic acid groups (broad SMARTS) is 1. The summed E-state index contributed by atoms with van der Waals surface area (Å²) in [6.45, 7) is 0. The normalized spacial score (nSPS) is 22.2. The van der Waals surface area contributed by atoms with Crippen molar-refractivity contribution in [1.29, 1.82) is 0 Å². The number of benzene rings is 1. The molecule has 0 heterocycles. The van der Waals surface area contributed by atoms with Gasteiger partial charge in [-0.1, -0.05) is 6.42 Å². The van der Waals surface area contributed by atoms with Crippen molar-refractivity contribution in [3.63, 3.8) is 0 Å². The minimum absolute atomic E-state index is 0.205. The molecule has 1 aliphatic carbocycles. The molecule has 1 fully saturated rings. The Morgan fingerprint density at radius 2 is 1.95 bits per heavy atom. The molecule has 0 radical (unpaired) electrons. The number of aliphatic carboxylic acids is 1. The largest absolute Gasteiger partial charge is 0.505 e. The van der Waals surface area contributed by atoms with Gasteiger partial charge in [-0.3, -0.25) is 9.59 Å². The van der Waals surface area contributed by atoms with Gasteiger partial charge < -0.3 is 15.5 Å². The zero-order chi connectivity index (χ0) is 14.0. The Morgan fingerprint density at radius 1 is 1.26 bits per heavy atom. The maximum Gasteiger partial charge on any atom is 0.307 e. The molecule has 0 unspecified atom stereocenters. The molecule has 0 saturated heterocycles. The number of amides is 1. The Balaban J connectivity index is 2.08. The molecule has 0 spiro atoms. The van der Waals surface area contributed by atoms with Gasteiger partial charge in [0.1, 0.15) is 0 Å². The Hall–Kier alpha value is -2.11. The Bertz CT molecular complexity index is 517. The number of nitrogens with one attached hydrogen (secondary N) is 1. The van der Waals surface area contributed by atoms with Gasteiger partial charge in [-0.25, -0.2) is 4.39 Å². The van der Waals surface area contributed by atoms with Crippen molar-refractivity contribution >= 4 is 17.6 Å².